The van der Waals surface area contributed by atoms with Crippen LogP contribution in [0.3, 0.4) is 0 Å². The molecule has 6 N–H and O–H groups in total. The van der Waals surface area contributed by atoms with Gasteiger partial charge in [-0.1, -0.05) is 0 Å². The third-order valence-electron chi connectivity index (χ3n) is 2.94. The maximum atomic E-state index is 5.59. The van der Waals surface area contributed by atoms with E-state index in [4.69, 9.17) is 11.6 Å². The van der Waals surface area contributed by atoms with E-state index in [-0.39, 0.29) is 11.5 Å². The number of rotatable bonds is 4. The van der Waals surface area contributed by atoms with Gasteiger partial charge in [0.2, 0.25) is 5.95 Å². The molecule has 0 aromatic carbocycles. The Morgan fingerprint density at radius 3 is 2.50 bits per heavy atom. The lowest BCUT2D eigenvalue weighted by Crippen LogP contribution is -2.33. The smallest absolute Gasteiger partial charge is 0.223 e. The van der Waals surface area contributed by atoms with Gasteiger partial charge in [-0.15, -0.1) is 0 Å². The quantitative estimate of drug-likeness (QED) is 0.447. The van der Waals surface area contributed by atoms with E-state index in [1.807, 2.05) is 0 Å². The van der Waals surface area contributed by atoms with E-state index in [1.54, 1.807) is 6.07 Å². The summed E-state index contributed by atoms with van der Waals surface area (Å²) >= 11 is 0. The minimum atomic E-state index is 0.0344. The van der Waals surface area contributed by atoms with Crippen LogP contribution in [0.4, 0.5) is 17.6 Å². The van der Waals surface area contributed by atoms with Gasteiger partial charge in [0.1, 0.15) is 11.6 Å². The highest BCUT2D eigenvalue weighted by Crippen LogP contribution is 2.40. The molecule has 1 aliphatic carbocycles. The lowest BCUT2D eigenvalue weighted by molar-refractivity contribution is 0.492. The van der Waals surface area contributed by atoms with E-state index < -0.39 is 0 Å². The zero-order chi connectivity index (χ0) is 11.8. The molecular weight excluding hydrogens is 204 g/mol. The van der Waals surface area contributed by atoms with Crippen LogP contribution >= 0.6 is 0 Å². The van der Waals surface area contributed by atoms with Crippen molar-refractivity contribution in [1.29, 1.82) is 0 Å². The van der Waals surface area contributed by atoms with Crippen LogP contribution in [0.2, 0.25) is 0 Å². The Kier molecular flexibility index (Phi) is 2.59. The summed E-state index contributed by atoms with van der Waals surface area (Å²) in [6, 6.07) is 1.75. The summed E-state index contributed by atoms with van der Waals surface area (Å²) < 4.78 is 0. The van der Waals surface area contributed by atoms with Crippen molar-refractivity contribution in [2.24, 2.45) is 11.8 Å². The second-order valence-electron chi connectivity index (χ2n) is 4.76. The van der Waals surface area contributed by atoms with Gasteiger partial charge >= 0.3 is 0 Å². The summed E-state index contributed by atoms with van der Waals surface area (Å²) in [6.45, 7) is 4.33. The molecule has 0 spiro atoms. The Morgan fingerprint density at radius 1 is 1.31 bits per heavy atom. The van der Waals surface area contributed by atoms with Gasteiger partial charge in [0.05, 0.1) is 0 Å². The SMILES string of the molecule is CC(C)(Nc1cc(NN)nc(N)n1)C1CC1. The fourth-order valence-corrected chi connectivity index (χ4v) is 1.84. The summed E-state index contributed by atoms with van der Waals surface area (Å²) in [4.78, 5) is 8.07. The van der Waals surface area contributed by atoms with Crippen molar-refractivity contribution < 1.29 is 0 Å². The van der Waals surface area contributed by atoms with E-state index in [0.717, 1.165) is 0 Å². The van der Waals surface area contributed by atoms with Crippen molar-refractivity contribution in [1.82, 2.24) is 9.97 Å². The van der Waals surface area contributed by atoms with Crippen LogP contribution in [0.15, 0.2) is 6.07 Å². The average molecular weight is 222 g/mol. The predicted molar refractivity (Wildman–Crippen MR) is 64.7 cm³/mol. The van der Waals surface area contributed by atoms with Gasteiger partial charge in [0, 0.05) is 11.6 Å². The van der Waals surface area contributed by atoms with Crippen molar-refractivity contribution in [2.75, 3.05) is 16.5 Å². The van der Waals surface area contributed by atoms with Gasteiger partial charge in [0.25, 0.3) is 0 Å². The monoisotopic (exact) mass is 222 g/mol. The number of nitrogen functional groups attached to an aromatic ring is 2. The number of anilines is 3. The molecule has 1 aromatic heterocycles. The van der Waals surface area contributed by atoms with Gasteiger partial charge in [-0.2, -0.15) is 9.97 Å². The van der Waals surface area contributed by atoms with Crippen molar-refractivity contribution in [3.63, 3.8) is 0 Å². The molecule has 0 saturated heterocycles. The molecule has 6 nitrogen and oxygen atoms in total. The first-order chi connectivity index (χ1) is 7.51. The number of nitrogens with zero attached hydrogens (tertiary/aromatic N) is 2. The van der Waals surface area contributed by atoms with E-state index >= 15 is 0 Å². The number of nitrogens with one attached hydrogen (secondary N) is 2. The van der Waals surface area contributed by atoms with Gasteiger partial charge < -0.3 is 16.5 Å². The number of nitrogens with two attached hydrogens (primary N) is 2. The van der Waals surface area contributed by atoms with Crippen molar-refractivity contribution in [2.45, 2.75) is 32.2 Å². The Labute approximate surface area is 94.8 Å². The van der Waals surface area contributed by atoms with Gasteiger partial charge in [-0.25, -0.2) is 5.84 Å². The van der Waals surface area contributed by atoms with E-state index in [0.29, 0.717) is 17.6 Å². The molecule has 0 aliphatic heterocycles. The van der Waals surface area contributed by atoms with E-state index in [1.165, 1.54) is 12.8 Å². The second kappa shape index (κ2) is 3.79. The van der Waals surface area contributed by atoms with Gasteiger partial charge in [-0.05, 0) is 32.6 Å². The number of hydrogen-bond donors (Lipinski definition) is 4. The summed E-state index contributed by atoms with van der Waals surface area (Å²) in [7, 11) is 0. The fourth-order valence-electron chi connectivity index (χ4n) is 1.84. The van der Waals surface area contributed by atoms with E-state index in [2.05, 4.69) is 34.6 Å². The largest absolute Gasteiger partial charge is 0.368 e. The second-order valence-corrected chi connectivity index (χ2v) is 4.76. The van der Waals surface area contributed by atoms with Crippen LogP contribution in [-0.4, -0.2) is 15.5 Å². The maximum Gasteiger partial charge on any atom is 0.223 e. The number of aromatic nitrogens is 2. The number of hydrogen-bond acceptors (Lipinski definition) is 6. The summed E-state index contributed by atoms with van der Waals surface area (Å²) in [5, 5.41) is 3.37. The van der Waals surface area contributed by atoms with Crippen molar-refractivity contribution in [3.8, 4) is 0 Å². The molecule has 1 saturated carbocycles. The molecule has 0 bridgehead atoms. The first-order valence-corrected chi connectivity index (χ1v) is 5.40. The topological polar surface area (TPSA) is 102 Å². The standard InChI is InChI=1S/C10H18N6/c1-10(2,6-3-4-6)15-7-5-8(16-12)14-9(11)13-7/h5-6H,3-4,12H2,1-2H3,(H4,11,13,14,15,16). The number of hydrazine groups is 1. The molecule has 2 rings (SSSR count). The Morgan fingerprint density at radius 2 is 1.94 bits per heavy atom. The predicted octanol–water partition coefficient (Wildman–Crippen LogP) is 0.945. The lowest BCUT2D eigenvalue weighted by Gasteiger charge is -2.27. The molecule has 6 heteroatoms. The minimum absolute atomic E-state index is 0.0344. The average Bonchev–Trinajstić information content (AvgIpc) is 2.98. The molecular formula is C10H18N6. The zero-order valence-electron chi connectivity index (χ0n) is 9.62. The van der Waals surface area contributed by atoms with E-state index in [9.17, 15) is 0 Å². The lowest BCUT2D eigenvalue weighted by atomic mass is 9.99. The third-order valence-corrected chi connectivity index (χ3v) is 2.94. The molecule has 88 valence electrons. The molecule has 16 heavy (non-hydrogen) atoms. The first-order valence-electron chi connectivity index (χ1n) is 5.40. The Hall–Kier alpha value is -1.56. The van der Waals surface area contributed by atoms with Crippen LogP contribution in [0, 0.1) is 5.92 Å². The summed E-state index contributed by atoms with van der Waals surface area (Å²) in [5.74, 6) is 7.44. The highest BCUT2D eigenvalue weighted by Gasteiger charge is 2.37. The van der Waals surface area contributed by atoms with Gasteiger partial charge in [0.15, 0.2) is 0 Å². The molecule has 0 unspecified atom stereocenters. The van der Waals surface area contributed by atoms with Crippen molar-refractivity contribution in [3.05, 3.63) is 6.07 Å². The molecule has 0 atom stereocenters. The normalized spacial score (nSPS) is 15.9. The highest BCUT2D eigenvalue weighted by atomic mass is 15.3. The molecule has 1 fully saturated rings. The van der Waals surface area contributed by atoms with Crippen molar-refractivity contribution >= 4 is 17.6 Å². The summed E-state index contributed by atoms with van der Waals surface area (Å²) in [6.07, 6.45) is 2.53. The van der Waals surface area contributed by atoms with Crippen LogP contribution in [-0.2, 0) is 0 Å². The molecule has 0 amide bonds. The summed E-state index contributed by atoms with van der Waals surface area (Å²) in [5.41, 5.74) is 8.09. The highest BCUT2D eigenvalue weighted by molar-refractivity contribution is 5.51. The first kappa shape index (κ1) is 10.9. The Bertz CT molecular complexity index is 385. The van der Waals surface area contributed by atoms with Crippen LogP contribution in [0.1, 0.15) is 26.7 Å². The maximum absolute atomic E-state index is 5.59. The fraction of sp³-hybridized carbons (Fsp3) is 0.600. The van der Waals surface area contributed by atoms with Crippen LogP contribution < -0.4 is 22.3 Å². The van der Waals surface area contributed by atoms with Gasteiger partial charge in [-0.3, -0.25) is 0 Å². The molecule has 1 aliphatic rings. The van der Waals surface area contributed by atoms with Crippen LogP contribution in [0.5, 0.6) is 0 Å². The van der Waals surface area contributed by atoms with Crippen LogP contribution in [0.25, 0.3) is 0 Å². The molecule has 1 heterocycles. The Balaban J connectivity index is 2.16. The zero-order valence-corrected chi connectivity index (χ0v) is 9.62. The minimum Gasteiger partial charge on any atom is -0.368 e. The third kappa shape index (κ3) is 2.33. The molecule has 1 aromatic rings. The molecule has 0 radical (unpaired) electrons.